The van der Waals surface area contributed by atoms with Crippen LogP contribution < -0.4 is 0 Å². The first-order valence-electron chi connectivity index (χ1n) is 5.66. The average molecular weight is 386 g/mol. The molecule has 0 aromatic heterocycles. The lowest BCUT2D eigenvalue weighted by atomic mass is 10.0. The van der Waals surface area contributed by atoms with Crippen LogP contribution in [0, 0.1) is 0 Å². The molecule has 0 fully saturated rings. The number of hydrogen-bond donors (Lipinski definition) is 6. The highest BCUT2D eigenvalue weighted by atomic mass is 32.2. The number of phenolic OH excluding ortho intramolecular Hbond substituents is 2. The van der Waals surface area contributed by atoms with Crippen molar-refractivity contribution in [2.45, 2.75) is 22.6 Å². The molecule has 134 valence electrons. The van der Waals surface area contributed by atoms with Gasteiger partial charge in [-0.2, -0.15) is 16.8 Å². The van der Waals surface area contributed by atoms with Gasteiger partial charge in [0.25, 0.3) is 20.2 Å². The third-order valence-corrected chi connectivity index (χ3v) is 4.63. The predicted molar refractivity (Wildman–Crippen MR) is 72.1 cm³/mol. The van der Waals surface area contributed by atoms with E-state index in [1.54, 1.807) is 0 Å². The van der Waals surface area contributed by atoms with Gasteiger partial charge in [-0.05, 0) is 0 Å². The number of carboxylic acids is 2. The Morgan fingerprint density at radius 3 is 1.12 bits per heavy atom. The molecule has 0 heterocycles. The highest BCUT2D eigenvalue weighted by Crippen LogP contribution is 2.43. The number of phenols is 2. The quantitative estimate of drug-likeness (QED) is 0.251. The van der Waals surface area contributed by atoms with Crippen LogP contribution in [-0.4, -0.2) is 58.3 Å². The Bertz CT molecular complexity index is 848. The average Bonchev–Trinajstić information content (AvgIpc) is 2.30. The fourth-order valence-electron chi connectivity index (χ4n) is 1.96. The summed E-state index contributed by atoms with van der Waals surface area (Å²) < 4.78 is 63.5. The number of aliphatic carboxylic acids is 2. The molecule has 1 aromatic rings. The monoisotopic (exact) mass is 386 g/mol. The fourth-order valence-corrected chi connectivity index (χ4v) is 3.66. The van der Waals surface area contributed by atoms with Gasteiger partial charge in [0, 0.05) is 11.1 Å². The van der Waals surface area contributed by atoms with Crippen LogP contribution in [0.4, 0.5) is 0 Å². The van der Waals surface area contributed by atoms with Crippen molar-refractivity contribution in [2.24, 2.45) is 0 Å². The molecule has 0 saturated heterocycles. The lowest BCUT2D eigenvalue weighted by Crippen LogP contribution is -2.16. The number of carbonyl (C=O) groups is 2. The minimum atomic E-state index is -5.40. The van der Waals surface area contributed by atoms with Crippen LogP contribution in [0.25, 0.3) is 0 Å². The van der Waals surface area contributed by atoms with Crippen molar-refractivity contribution in [2.75, 3.05) is 0 Å². The molecule has 0 saturated carbocycles. The Kier molecular flexibility index (Phi) is 5.10. The number of aromatic hydroxyl groups is 2. The van der Waals surface area contributed by atoms with E-state index in [0.29, 0.717) is 0 Å². The molecule has 6 N–H and O–H groups in total. The SMILES string of the molecule is O=C(O)Cc1c(O)c(S(=O)(=O)O)c(CC(=O)O)c(O)c1S(=O)(=O)O. The first-order valence-corrected chi connectivity index (χ1v) is 8.54. The van der Waals surface area contributed by atoms with E-state index < -0.39 is 77.4 Å². The predicted octanol–water partition coefficient (Wildman–Crippen LogP) is -1.15. The minimum absolute atomic E-state index is 1.25. The Labute approximate surface area is 134 Å². The van der Waals surface area contributed by atoms with Crippen LogP contribution in [0.5, 0.6) is 11.5 Å². The largest absolute Gasteiger partial charge is 0.506 e. The van der Waals surface area contributed by atoms with Gasteiger partial charge in [0.2, 0.25) is 0 Å². The first kappa shape index (κ1) is 19.6. The maximum Gasteiger partial charge on any atom is 0.308 e. The van der Waals surface area contributed by atoms with Crippen LogP contribution in [0.1, 0.15) is 11.1 Å². The smallest absolute Gasteiger partial charge is 0.308 e. The molecular formula is C10H10O12S2. The van der Waals surface area contributed by atoms with Crippen molar-refractivity contribution >= 4 is 32.2 Å². The van der Waals surface area contributed by atoms with Crippen molar-refractivity contribution in [1.29, 1.82) is 0 Å². The van der Waals surface area contributed by atoms with Crippen molar-refractivity contribution < 1.29 is 56.0 Å². The van der Waals surface area contributed by atoms with Gasteiger partial charge in [0.15, 0.2) is 0 Å². The van der Waals surface area contributed by atoms with E-state index in [-0.39, 0.29) is 0 Å². The fraction of sp³-hybridized carbons (Fsp3) is 0.200. The first-order chi connectivity index (χ1) is 10.7. The summed E-state index contributed by atoms with van der Waals surface area (Å²) in [5.74, 6) is -6.83. The zero-order valence-corrected chi connectivity index (χ0v) is 13.0. The summed E-state index contributed by atoms with van der Waals surface area (Å²) in [4.78, 5) is 18.4. The molecule has 0 aliphatic carbocycles. The Hall–Kier alpha value is -2.42. The van der Waals surface area contributed by atoms with Gasteiger partial charge in [-0.15, -0.1) is 0 Å². The summed E-state index contributed by atoms with van der Waals surface area (Å²) in [5.41, 5.74) is -2.49. The third-order valence-electron chi connectivity index (χ3n) is 2.72. The number of hydrogen-bond acceptors (Lipinski definition) is 8. The highest BCUT2D eigenvalue weighted by molar-refractivity contribution is 7.86. The van der Waals surface area contributed by atoms with E-state index in [9.17, 15) is 36.6 Å². The second-order valence-corrected chi connectivity index (χ2v) is 7.12. The maximum atomic E-state index is 11.3. The molecule has 1 rings (SSSR count). The molecule has 0 aliphatic rings. The van der Waals surface area contributed by atoms with Gasteiger partial charge in [-0.25, -0.2) is 0 Å². The van der Waals surface area contributed by atoms with Gasteiger partial charge in [0.1, 0.15) is 21.3 Å². The van der Waals surface area contributed by atoms with Gasteiger partial charge < -0.3 is 20.4 Å². The third kappa shape index (κ3) is 3.91. The van der Waals surface area contributed by atoms with E-state index in [2.05, 4.69) is 0 Å². The molecule has 24 heavy (non-hydrogen) atoms. The van der Waals surface area contributed by atoms with E-state index >= 15 is 0 Å². The summed E-state index contributed by atoms with van der Waals surface area (Å²) in [6.07, 6.45) is -2.74. The van der Waals surface area contributed by atoms with Gasteiger partial charge in [-0.3, -0.25) is 18.7 Å². The van der Waals surface area contributed by atoms with E-state index in [4.69, 9.17) is 19.3 Å². The van der Waals surface area contributed by atoms with Crippen LogP contribution in [-0.2, 0) is 42.7 Å². The molecule has 12 nitrogen and oxygen atoms in total. The van der Waals surface area contributed by atoms with Crippen molar-refractivity contribution in [1.82, 2.24) is 0 Å². The number of rotatable bonds is 6. The zero-order chi connectivity index (χ0) is 19.0. The van der Waals surface area contributed by atoms with Gasteiger partial charge >= 0.3 is 11.9 Å². The molecule has 0 radical (unpaired) electrons. The normalized spacial score (nSPS) is 12.1. The standard InChI is InChI=1S/C10H10O12S2/c11-5(12)1-3-7(15)10(24(20,21)22)4(2-6(13)14)8(16)9(3)23(17,18)19/h15-16H,1-2H2,(H,11,12)(H,13,14)(H,17,18,19)(H,20,21,22). The lowest BCUT2D eigenvalue weighted by molar-refractivity contribution is -0.137. The van der Waals surface area contributed by atoms with Crippen LogP contribution >= 0.6 is 0 Å². The van der Waals surface area contributed by atoms with E-state index in [1.807, 2.05) is 0 Å². The van der Waals surface area contributed by atoms with Crippen molar-refractivity contribution in [3.05, 3.63) is 11.1 Å². The molecule has 0 spiro atoms. The van der Waals surface area contributed by atoms with Crippen molar-refractivity contribution in [3.63, 3.8) is 0 Å². The van der Waals surface area contributed by atoms with Gasteiger partial charge in [-0.1, -0.05) is 0 Å². The topological polar surface area (TPSA) is 224 Å². The Balaban J connectivity index is 4.17. The van der Waals surface area contributed by atoms with Crippen LogP contribution in [0.2, 0.25) is 0 Å². The lowest BCUT2D eigenvalue weighted by Gasteiger charge is -2.17. The summed E-state index contributed by atoms with van der Waals surface area (Å²) in [7, 11) is -10.8. The molecule has 0 bridgehead atoms. The van der Waals surface area contributed by atoms with Gasteiger partial charge in [0.05, 0.1) is 12.8 Å². The summed E-state index contributed by atoms with van der Waals surface area (Å²) in [6.45, 7) is 0. The molecule has 14 heteroatoms. The molecule has 0 atom stereocenters. The molecule has 0 aliphatic heterocycles. The summed E-state index contributed by atoms with van der Waals surface area (Å²) >= 11 is 0. The molecule has 0 unspecified atom stereocenters. The zero-order valence-electron chi connectivity index (χ0n) is 11.4. The molecule has 0 amide bonds. The second-order valence-electron chi connectivity index (χ2n) is 4.40. The minimum Gasteiger partial charge on any atom is -0.506 e. The number of benzene rings is 1. The summed E-state index contributed by atoms with van der Waals surface area (Å²) in [6, 6.07) is 0. The molecular weight excluding hydrogens is 376 g/mol. The molecule has 1 aromatic carbocycles. The van der Waals surface area contributed by atoms with E-state index in [1.165, 1.54) is 0 Å². The Morgan fingerprint density at radius 2 is 0.958 bits per heavy atom. The highest BCUT2D eigenvalue weighted by Gasteiger charge is 2.35. The van der Waals surface area contributed by atoms with Crippen LogP contribution in [0.15, 0.2) is 9.79 Å². The van der Waals surface area contributed by atoms with E-state index in [0.717, 1.165) is 0 Å². The number of carboxylic acid groups (broad SMARTS) is 2. The summed E-state index contributed by atoms with van der Waals surface area (Å²) in [5, 5.41) is 37.1. The maximum absolute atomic E-state index is 11.3. The van der Waals surface area contributed by atoms with Crippen LogP contribution in [0.3, 0.4) is 0 Å². The Morgan fingerprint density at radius 1 is 0.708 bits per heavy atom. The second kappa shape index (κ2) is 6.23. The van der Waals surface area contributed by atoms with Crippen molar-refractivity contribution in [3.8, 4) is 11.5 Å².